The summed E-state index contributed by atoms with van der Waals surface area (Å²) in [5, 5.41) is 0. The van der Waals surface area contributed by atoms with Crippen LogP contribution in [0.4, 0.5) is 11.4 Å². The van der Waals surface area contributed by atoms with Gasteiger partial charge in [0.05, 0.1) is 0 Å². The molecule has 0 heterocycles. The molecular weight excluding hydrogens is 723 g/mol. The van der Waals surface area contributed by atoms with Crippen molar-refractivity contribution in [3.8, 4) is 11.1 Å². The molecule has 1 nitrogen and oxygen atoms in total. The molecule has 1 saturated carbocycles. The Morgan fingerprint density at radius 3 is 1.98 bits per heavy atom. The Morgan fingerprint density at radius 1 is 0.617 bits per heavy atom. The van der Waals surface area contributed by atoms with Crippen LogP contribution in [-0.2, 0) is 11.8 Å². The van der Waals surface area contributed by atoms with Crippen molar-refractivity contribution in [3.63, 3.8) is 0 Å². The molecule has 6 aromatic rings. The highest BCUT2D eigenvalue weighted by Crippen LogP contribution is 2.63. The lowest BCUT2D eigenvalue weighted by Gasteiger charge is -2.41. The lowest BCUT2D eigenvalue weighted by Crippen LogP contribution is -2.32. The average Bonchev–Trinajstić information content (AvgIpc) is 3.93. The number of hydrogen-bond donors (Lipinski definition) is 0. The van der Waals surface area contributed by atoms with Gasteiger partial charge < -0.3 is 4.90 Å². The van der Waals surface area contributed by atoms with Gasteiger partial charge in [-0.05, 0) is 100 Å². The third-order valence-electron chi connectivity index (χ3n) is 14.1. The fourth-order valence-electron chi connectivity index (χ4n) is 11.2. The first-order chi connectivity index (χ1) is 29.7. The van der Waals surface area contributed by atoms with Crippen LogP contribution in [0.5, 0.6) is 0 Å². The summed E-state index contributed by atoms with van der Waals surface area (Å²) in [6.45, 7) is 0. The fraction of sp³-hybridized carbons (Fsp3) is 0.186. The zero-order valence-corrected chi connectivity index (χ0v) is 34.2. The fourth-order valence-corrected chi connectivity index (χ4v) is 11.2. The van der Waals surface area contributed by atoms with Crippen molar-refractivity contribution in [2.24, 2.45) is 11.8 Å². The first-order valence-electron chi connectivity index (χ1n) is 22.2. The molecule has 0 N–H and O–H groups in total. The Labute approximate surface area is 356 Å². The standard InChI is InChI=1S/C59H51N/c1-5-17-43(18-6-1)45-28-30-48(31-29-45)54(47-21-9-3-10-22-47)39-42-27-36-53-55(40-42)59(37-15-16-38-59)56-41-49-23-13-14-26-52(49)58(57(53)56)60(50-24-11-4-12-25-50)51-34-32-46(33-35-51)44-19-7-2-8-20-44/h1-14,17-28,30-36,40-41,45,49,52,54H,15-16,29,37-39H2. The Morgan fingerprint density at radius 2 is 1.27 bits per heavy atom. The zero-order chi connectivity index (χ0) is 39.9. The first kappa shape index (κ1) is 36.6. The molecule has 6 aromatic carbocycles. The minimum atomic E-state index is 0.0284. The molecule has 11 rings (SSSR count). The number of allylic oxidation sites excluding steroid dienone is 11. The number of rotatable bonds is 9. The number of hydrogen-bond acceptors (Lipinski definition) is 1. The minimum absolute atomic E-state index is 0.0284. The molecule has 0 bridgehead atoms. The summed E-state index contributed by atoms with van der Waals surface area (Å²) in [7, 11) is 0. The quantitative estimate of drug-likeness (QED) is 0.141. The van der Waals surface area contributed by atoms with E-state index in [9.17, 15) is 0 Å². The molecule has 4 unspecified atom stereocenters. The van der Waals surface area contributed by atoms with E-state index in [2.05, 4.69) is 217 Å². The second kappa shape index (κ2) is 15.6. The molecule has 1 fully saturated rings. The van der Waals surface area contributed by atoms with Gasteiger partial charge in [-0.1, -0.05) is 201 Å². The summed E-state index contributed by atoms with van der Waals surface area (Å²) >= 11 is 0. The predicted octanol–water partition coefficient (Wildman–Crippen LogP) is 15.0. The molecule has 0 radical (unpaired) electrons. The van der Waals surface area contributed by atoms with Crippen LogP contribution in [0.3, 0.4) is 0 Å². The van der Waals surface area contributed by atoms with Crippen molar-refractivity contribution in [1.29, 1.82) is 0 Å². The molecule has 60 heavy (non-hydrogen) atoms. The van der Waals surface area contributed by atoms with E-state index in [-0.39, 0.29) is 11.3 Å². The average molecular weight is 774 g/mol. The molecule has 5 aliphatic carbocycles. The lowest BCUT2D eigenvalue weighted by molar-refractivity contribution is 0.527. The SMILES string of the molecule is C1=CC2C=C3C(=C(N(c4ccccc4)c4ccc(-c5ccccc5)cc4)C2C=C1)c1ccc(CC(C2=CCC(c4ccccc4)C=C2)c2ccccc2)cc1C31CCCC1. The number of para-hydroxylation sites is 1. The van der Waals surface area contributed by atoms with Gasteiger partial charge in [-0.3, -0.25) is 0 Å². The molecule has 1 spiro atoms. The third kappa shape index (κ3) is 6.49. The summed E-state index contributed by atoms with van der Waals surface area (Å²) in [5.41, 5.74) is 18.0. The number of anilines is 2. The van der Waals surface area contributed by atoms with E-state index >= 15 is 0 Å². The Bertz CT molecular complexity index is 2690. The van der Waals surface area contributed by atoms with Gasteiger partial charge in [-0.2, -0.15) is 0 Å². The highest BCUT2D eigenvalue weighted by atomic mass is 15.2. The molecule has 4 atom stereocenters. The van der Waals surface area contributed by atoms with Crippen molar-refractivity contribution in [2.75, 3.05) is 4.90 Å². The molecule has 5 aliphatic rings. The van der Waals surface area contributed by atoms with Crippen LogP contribution in [-0.4, -0.2) is 0 Å². The van der Waals surface area contributed by atoms with Gasteiger partial charge in [-0.25, -0.2) is 0 Å². The van der Waals surface area contributed by atoms with E-state index in [4.69, 9.17) is 0 Å². The molecular formula is C59H51N. The zero-order valence-electron chi connectivity index (χ0n) is 34.2. The normalized spacial score (nSPS) is 21.2. The molecule has 292 valence electrons. The van der Waals surface area contributed by atoms with Crippen molar-refractivity contribution in [1.82, 2.24) is 0 Å². The van der Waals surface area contributed by atoms with Crippen molar-refractivity contribution in [3.05, 3.63) is 257 Å². The molecule has 0 amide bonds. The topological polar surface area (TPSA) is 3.24 Å². The van der Waals surface area contributed by atoms with Crippen LogP contribution in [0.25, 0.3) is 16.7 Å². The van der Waals surface area contributed by atoms with E-state index in [1.807, 2.05) is 0 Å². The van der Waals surface area contributed by atoms with Gasteiger partial charge in [0.1, 0.15) is 0 Å². The first-order valence-corrected chi connectivity index (χ1v) is 22.2. The summed E-state index contributed by atoms with van der Waals surface area (Å²) < 4.78 is 0. The maximum atomic E-state index is 2.68. The van der Waals surface area contributed by atoms with Gasteiger partial charge >= 0.3 is 0 Å². The summed E-state index contributed by atoms with van der Waals surface area (Å²) in [4.78, 5) is 2.60. The van der Waals surface area contributed by atoms with Crippen LogP contribution in [0.15, 0.2) is 229 Å². The molecule has 0 aliphatic heterocycles. The van der Waals surface area contributed by atoms with Crippen LogP contribution in [0.2, 0.25) is 0 Å². The second-order valence-corrected chi connectivity index (χ2v) is 17.5. The van der Waals surface area contributed by atoms with Crippen LogP contribution >= 0.6 is 0 Å². The molecule has 0 saturated heterocycles. The molecule has 1 heteroatoms. The van der Waals surface area contributed by atoms with E-state index in [1.165, 1.54) is 87.3 Å². The van der Waals surface area contributed by atoms with Crippen molar-refractivity contribution >= 4 is 16.9 Å². The Hall–Kier alpha value is -6.44. The largest absolute Gasteiger partial charge is 0.313 e. The minimum Gasteiger partial charge on any atom is -0.313 e. The highest BCUT2D eigenvalue weighted by molar-refractivity contribution is 5.96. The van der Waals surface area contributed by atoms with Gasteiger partial charge in [0.15, 0.2) is 0 Å². The monoisotopic (exact) mass is 773 g/mol. The van der Waals surface area contributed by atoms with Crippen LogP contribution in [0.1, 0.15) is 71.8 Å². The van der Waals surface area contributed by atoms with E-state index in [0.717, 1.165) is 12.8 Å². The van der Waals surface area contributed by atoms with E-state index < -0.39 is 0 Å². The summed E-state index contributed by atoms with van der Waals surface area (Å²) in [6.07, 6.45) is 26.5. The van der Waals surface area contributed by atoms with E-state index in [1.54, 1.807) is 11.1 Å². The molecule has 0 aromatic heterocycles. The number of fused-ring (bicyclic) bond motifs is 6. The Balaban J connectivity index is 1.04. The lowest BCUT2D eigenvalue weighted by atomic mass is 9.70. The van der Waals surface area contributed by atoms with Crippen molar-refractivity contribution < 1.29 is 0 Å². The maximum Gasteiger partial charge on any atom is 0.0459 e. The van der Waals surface area contributed by atoms with Gasteiger partial charge in [0.25, 0.3) is 0 Å². The van der Waals surface area contributed by atoms with E-state index in [0.29, 0.717) is 17.8 Å². The van der Waals surface area contributed by atoms with Crippen LogP contribution < -0.4 is 4.90 Å². The number of nitrogens with zero attached hydrogens (tertiary/aromatic N) is 1. The van der Waals surface area contributed by atoms with Crippen molar-refractivity contribution in [2.45, 2.75) is 55.8 Å². The smallest absolute Gasteiger partial charge is 0.0459 e. The van der Waals surface area contributed by atoms with Gasteiger partial charge in [0, 0.05) is 51.7 Å². The second-order valence-electron chi connectivity index (χ2n) is 17.5. The maximum absolute atomic E-state index is 2.68. The van der Waals surface area contributed by atoms with Crippen LogP contribution in [0, 0.1) is 11.8 Å². The predicted molar refractivity (Wildman–Crippen MR) is 251 cm³/mol. The summed E-state index contributed by atoms with van der Waals surface area (Å²) in [5.74, 6) is 1.24. The number of benzene rings is 6. The third-order valence-corrected chi connectivity index (χ3v) is 14.1. The van der Waals surface area contributed by atoms with Gasteiger partial charge in [-0.15, -0.1) is 0 Å². The Kier molecular flexibility index (Phi) is 9.54. The van der Waals surface area contributed by atoms with Gasteiger partial charge in [0.2, 0.25) is 0 Å². The summed E-state index contributed by atoms with van der Waals surface area (Å²) in [6, 6.07) is 60.9. The highest BCUT2D eigenvalue weighted by Gasteiger charge is 2.51.